The van der Waals surface area contributed by atoms with Crippen LogP contribution in [0.5, 0.6) is 0 Å². The molecule has 0 amide bonds. The smallest absolute Gasteiger partial charge is 0.303 e. The Balaban J connectivity index is 2.07. The molecule has 0 aromatic carbocycles. The highest BCUT2D eigenvalue weighted by Crippen LogP contribution is 2.24. The summed E-state index contributed by atoms with van der Waals surface area (Å²) in [5.41, 5.74) is 0. The lowest BCUT2D eigenvalue weighted by molar-refractivity contribution is -0.137. The van der Waals surface area contributed by atoms with E-state index in [2.05, 4.69) is 9.97 Å². The van der Waals surface area contributed by atoms with Crippen LogP contribution in [0.4, 0.5) is 10.3 Å². The second-order valence-electron chi connectivity index (χ2n) is 4.48. The largest absolute Gasteiger partial charge is 0.481 e. The Morgan fingerprint density at radius 2 is 2.17 bits per heavy atom. The van der Waals surface area contributed by atoms with Crippen molar-refractivity contribution in [1.82, 2.24) is 9.97 Å². The van der Waals surface area contributed by atoms with Gasteiger partial charge in [-0.3, -0.25) is 4.79 Å². The minimum absolute atomic E-state index is 0.139. The first kappa shape index (κ1) is 12.7. The fourth-order valence-electron chi connectivity index (χ4n) is 2.31. The predicted octanol–water partition coefficient (Wildman–Crippen LogP) is 1.84. The number of hydrogen-bond acceptors (Lipinski definition) is 4. The van der Waals surface area contributed by atoms with E-state index in [0.29, 0.717) is 12.4 Å². The summed E-state index contributed by atoms with van der Waals surface area (Å²) in [6.45, 7) is 0.802. The summed E-state index contributed by atoms with van der Waals surface area (Å²) in [6, 6.07) is 0.139. The molecule has 1 aromatic rings. The van der Waals surface area contributed by atoms with Gasteiger partial charge in [0.25, 0.3) is 0 Å². The summed E-state index contributed by atoms with van der Waals surface area (Å²) in [5, 5.41) is 8.74. The second-order valence-corrected chi connectivity index (χ2v) is 4.48. The molecule has 0 aliphatic carbocycles. The second kappa shape index (κ2) is 5.75. The SMILES string of the molecule is O=C(O)CCC1CCCCN1c1ncc(F)cn1. The maximum absolute atomic E-state index is 12.8. The molecule has 1 fully saturated rings. The molecule has 1 aromatic heterocycles. The molecule has 1 saturated heterocycles. The average molecular weight is 253 g/mol. The molecule has 2 heterocycles. The van der Waals surface area contributed by atoms with Crippen molar-refractivity contribution in [3.05, 3.63) is 18.2 Å². The average Bonchev–Trinajstić information content (AvgIpc) is 2.38. The van der Waals surface area contributed by atoms with E-state index in [9.17, 15) is 9.18 Å². The van der Waals surface area contributed by atoms with Gasteiger partial charge in [0.2, 0.25) is 5.95 Å². The van der Waals surface area contributed by atoms with E-state index in [0.717, 1.165) is 38.2 Å². The third kappa shape index (κ3) is 3.15. The number of carbonyl (C=O) groups is 1. The van der Waals surface area contributed by atoms with Crippen molar-refractivity contribution in [1.29, 1.82) is 0 Å². The van der Waals surface area contributed by atoms with Gasteiger partial charge in [0.15, 0.2) is 5.82 Å². The van der Waals surface area contributed by atoms with Crippen LogP contribution < -0.4 is 4.90 Å². The van der Waals surface area contributed by atoms with E-state index in [1.807, 2.05) is 4.90 Å². The number of anilines is 1. The molecular formula is C12H16FN3O2. The van der Waals surface area contributed by atoms with Gasteiger partial charge in [0.05, 0.1) is 12.4 Å². The lowest BCUT2D eigenvalue weighted by Gasteiger charge is -2.35. The highest BCUT2D eigenvalue weighted by molar-refractivity contribution is 5.66. The quantitative estimate of drug-likeness (QED) is 0.886. The molecule has 1 N–H and O–H groups in total. The van der Waals surface area contributed by atoms with E-state index in [4.69, 9.17) is 5.11 Å². The standard InChI is InChI=1S/C12H16FN3O2/c13-9-7-14-12(15-8-9)16-6-2-1-3-10(16)4-5-11(17)18/h7-8,10H,1-6H2,(H,17,18). The Labute approximate surface area is 105 Å². The zero-order valence-electron chi connectivity index (χ0n) is 10.0. The first-order valence-electron chi connectivity index (χ1n) is 6.13. The molecule has 0 radical (unpaired) electrons. The highest BCUT2D eigenvalue weighted by atomic mass is 19.1. The van der Waals surface area contributed by atoms with Crippen LogP contribution >= 0.6 is 0 Å². The summed E-state index contributed by atoms with van der Waals surface area (Å²) < 4.78 is 12.8. The summed E-state index contributed by atoms with van der Waals surface area (Å²) in [6.07, 6.45) is 6.06. The van der Waals surface area contributed by atoms with Crippen LogP contribution in [0.15, 0.2) is 12.4 Å². The van der Waals surface area contributed by atoms with Gasteiger partial charge in [0, 0.05) is 19.0 Å². The van der Waals surface area contributed by atoms with Gasteiger partial charge in [-0.2, -0.15) is 0 Å². The summed E-state index contributed by atoms with van der Waals surface area (Å²) in [4.78, 5) is 20.6. The van der Waals surface area contributed by atoms with Crippen molar-refractivity contribution in [2.24, 2.45) is 0 Å². The Morgan fingerprint density at radius 1 is 1.44 bits per heavy atom. The third-order valence-corrected chi connectivity index (χ3v) is 3.18. The van der Waals surface area contributed by atoms with E-state index < -0.39 is 11.8 Å². The summed E-state index contributed by atoms with van der Waals surface area (Å²) in [7, 11) is 0. The number of rotatable bonds is 4. The van der Waals surface area contributed by atoms with Crippen LogP contribution in [0.1, 0.15) is 32.1 Å². The van der Waals surface area contributed by atoms with Crippen molar-refractivity contribution < 1.29 is 14.3 Å². The minimum Gasteiger partial charge on any atom is -0.481 e. The van der Waals surface area contributed by atoms with E-state index in [-0.39, 0.29) is 12.5 Å². The van der Waals surface area contributed by atoms with Crippen LogP contribution in [-0.2, 0) is 4.79 Å². The summed E-state index contributed by atoms with van der Waals surface area (Å²) >= 11 is 0. The minimum atomic E-state index is -0.791. The van der Waals surface area contributed by atoms with Gasteiger partial charge in [-0.1, -0.05) is 0 Å². The van der Waals surface area contributed by atoms with Gasteiger partial charge >= 0.3 is 5.97 Å². The van der Waals surface area contributed by atoms with Crippen molar-refractivity contribution in [3.63, 3.8) is 0 Å². The summed E-state index contributed by atoms with van der Waals surface area (Å²) in [5.74, 6) is -0.759. The lowest BCUT2D eigenvalue weighted by atomic mass is 9.98. The highest BCUT2D eigenvalue weighted by Gasteiger charge is 2.24. The monoisotopic (exact) mass is 253 g/mol. The number of carboxylic acid groups (broad SMARTS) is 1. The number of nitrogens with zero attached hydrogens (tertiary/aromatic N) is 3. The maximum atomic E-state index is 12.8. The van der Waals surface area contributed by atoms with Crippen molar-refractivity contribution in [2.45, 2.75) is 38.1 Å². The van der Waals surface area contributed by atoms with Crippen LogP contribution in [0.3, 0.4) is 0 Å². The zero-order chi connectivity index (χ0) is 13.0. The first-order valence-corrected chi connectivity index (χ1v) is 6.13. The number of halogens is 1. The Morgan fingerprint density at radius 3 is 2.83 bits per heavy atom. The first-order chi connectivity index (χ1) is 8.66. The van der Waals surface area contributed by atoms with E-state index in [1.54, 1.807) is 0 Å². The molecule has 2 rings (SSSR count). The van der Waals surface area contributed by atoms with Gasteiger partial charge < -0.3 is 10.0 Å². The van der Waals surface area contributed by atoms with Crippen molar-refractivity contribution in [3.8, 4) is 0 Å². The Kier molecular flexibility index (Phi) is 4.07. The number of hydrogen-bond donors (Lipinski definition) is 1. The molecule has 98 valence electrons. The fraction of sp³-hybridized carbons (Fsp3) is 0.583. The molecule has 0 saturated carbocycles. The molecule has 0 spiro atoms. The molecule has 0 bridgehead atoms. The van der Waals surface area contributed by atoms with Crippen LogP contribution in [-0.4, -0.2) is 33.6 Å². The van der Waals surface area contributed by atoms with Gasteiger partial charge in [0.1, 0.15) is 0 Å². The predicted molar refractivity (Wildman–Crippen MR) is 63.8 cm³/mol. The normalized spacial score (nSPS) is 19.8. The van der Waals surface area contributed by atoms with Gasteiger partial charge in [-0.05, 0) is 25.7 Å². The molecule has 18 heavy (non-hydrogen) atoms. The lowest BCUT2D eigenvalue weighted by Crippen LogP contribution is -2.41. The number of aromatic nitrogens is 2. The van der Waals surface area contributed by atoms with E-state index >= 15 is 0 Å². The van der Waals surface area contributed by atoms with Crippen LogP contribution in [0, 0.1) is 5.82 Å². The number of aliphatic carboxylic acids is 1. The van der Waals surface area contributed by atoms with Gasteiger partial charge in [-0.15, -0.1) is 0 Å². The van der Waals surface area contributed by atoms with Gasteiger partial charge in [-0.25, -0.2) is 14.4 Å². The van der Waals surface area contributed by atoms with Crippen molar-refractivity contribution in [2.75, 3.05) is 11.4 Å². The number of carboxylic acids is 1. The van der Waals surface area contributed by atoms with Crippen LogP contribution in [0.2, 0.25) is 0 Å². The van der Waals surface area contributed by atoms with Crippen molar-refractivity contribution >= 4 is 11.9 Å². The molecule has 6 heteroatoms. The maximum Gasteiger partial charge on any atom is 0.303 e. The van der Waals surface area contributed by atoms with Crippen LogP contribution in [0.25, 0.3) is 0 Å². The number of piperidine rings is 1. The Bertz CT molecular complexity index is 410. The molecule has 1 aliphatic heterocycles. The molecule has 1 unspecified atom stereocenters. The molecule has 1 aliphatic rings. The zero-order valence-corrected chi connectivity index (χ0v) is 10.0. The fourth-order valence-corrected chi connectivity index (χ4v) is 2.31. The topological polar surface area (TPSA) is 66.3 Å². The molecular weight excluding hydrogens is 237 g/mol. The molecule has 1 atom stereocenters. The Hall–Kier alpha value is -1.72. The van der Waals surface area contributed by atoms with E-state index in [1.165, 1.54) is 0 Å². The molecule has 5 nitrogen and oxygen atoms in total. The third-order valence-electron chi connectivity index (χ3n) is 3.18.